The largest absolute Gasteiger partial charge is 0.484 e. The van der Waals surface area contributed by atoms with Crippen LogP contribution in [0.2, 0.25) is 0 Å². The van der Waals surface area contributed by atoms with Crippen LogP contribution in [0.1, 0.15) is 24.0 Å². The lowest BCUT2D eigenvalue weighted by molar-refractivity contribution is -0.122. The zero-order chi connectivity index (χ0) is 12.8. The lowest BCUT2D eigenvalue weighted by Crippen LogP contribution is -2.29. The van der Waals surface area contributed by atoms with E-state index in [1.165, 1.54) is 24.0 Å². The van der Waals surface area contributed by atoms with Crippen LogP contribution in [-0.2, 0) is 17.6 Å². The van der Waals surface area contributed by atoms with Gasteiger partial charge in [0.25, 0.3) is 5.91 Å². The van der Waals surface area contributed by atoms with Crippen LogP contribution < -0.4 is 10.1 Å². The topological polar surface area (TPSA) is 38.3 Å². The van der Waals surface area contributed by atoms with E-state index < -0.39 is 0 Å². The SMILES string of the molecule is C#CCNC(=O)COc1ccc2c(c1)CCCC2. The van der Waals surface area contributed by atoms with Crippen molar-refractivity contribution in [3.05, 3.63) is 29.3 Å². The average Bonchev–Trinajstić information content (AvgIpc) is 2.42. The number of hydrogen-bond acceptors (Lipinski definition) is 2. The molecule has 0 saturated carbocycles. The number of ether oxygens (including phenoxy) is 1. The number of benzene rings is 1. The molecule has 1 amide bonds. The minimum absolute atomic E-state index is 0.0144. The summed E-state index contributed by atoms with van der Waals surface area (Å²) >= 11 is 0. The van der Waals surface area contributed by atoms with Crippen molar-refractivity contribution < 1.29 is 9.53 Å². The van der Waals surface area contributed by atoms with E-state index in [2.05, 4.69) is 17.3 Å². The Morgan fingerprint density at radius 2 is 2.11 bits per heavy atom. The zero-order valence-corrected chi connectivity index (χ0v) is 10.4. The summed E-state index contributed by atoms with van der Waals surface area (Å²) in [7, 11) is 0. The predicted octanol–water partition coefficient (Wildman–Crippen LogP) is 1.69. The van der Waals surface area contributed by atoms with Gasteiger partial charge in [0.1, 0.15) is 5.75 Å². The quantitative estimate of drug-likeness (QED) is 0.817. The molecule has 1 aliphatic carbocycles. The molecule has 1 aliphatic rings. The second-order valence-corrected chi connectivity index (χ2v) is 4.41. The van der Waals surface area contributed by atoms with Gasteiger partial charge in [0.15, 0.2) is 6.61 Å². The Kier molecular flexibility index (Phi) is 4.25. The van der Waals surface area contributed by atoms with E-state index in [0.29, 0.717) is 0 Å². The molecule has 2 rings (SSSR count). The first-order valence-electron chi connectivity index (χ1n) is 6.24. The van der Waals surface area contributed by atoms with E-state index in [1.54, 1.807) is 0 Å². The molecule has 18 heavy (non-hydrogen) atoms. The van der Waals surface area contributed by atoms with Gasteiger partial charge < -0.3 is 10.1 Å². The van der Waals surface area contributed by atoms with Gasteiger partial charge in [0.2, 0.25) is 0 Å². The molecule has 94 valence electrons. The molecule has 0 heterocycles. The highest BCUT2D eigenvalue weighted by Gasteiger charge is 2.10. The number of fused-ring (bicyclic) bond motifs is 1. The third kappa shape index (κ3) is 3.27. The first-order valence-corrected chi connectivity index (χ1v) is 6.24. The van der Waals surface area contributed by atoms with Crippen LogP contribution in [0.5, 0.6) is 5.75 Å². The summed E-state index contributed by atoms with van der Waals surface area (Å²) in [5, 5.41) is 2.56. The van der Waals surface area contributed by atoms with Crippen LogP contribution in [0.3, 0.4) is 0 Å². The summed E-state index contributed by atoms with van der Waals surface area (Å²) in [6.07, 6.45) is 9.81. The van der Waals surface area contributed by atoms with Crippen LogP contribution in [0.25, 0.3) is 0 Å². The Labute approximate surface area is 108 Å². The summed E-state index contributed by atoms with van der Waals surface area (Å²) in [5.74, 6) is 2.92. The predicted molar refractivity (Wildman–Crippen MR) is 70.4 cm³/mol. The summed E-state index contributed by atoms with van der Waals surface area (Å²) in [4.78, 5) is 11.3. The van der Waals surface area contributed by atoms with Gasteiger partial charge >= 0.3 is 0 Å². The minimum atomic E-state index is -0.189. The first kappa shape index (κ1) is 12.5. The van der Waals surface area contributed by atoms with Crippen LogP contribution in [0, 0.1) is 12.3 Å². The lowest BCUT2D eigenvalue weighted by atomic mass is 9.92. The van der Waals surface area contributed by atoms with E-state index in [-0.39, 0.29) is 19.1 Å². The summed E-state index contributed by atoms with van der Waals surface area (Å²) < 4.78 is 5.45. The highest BCUT2D eigenvalue weighted by Crippen LogP contribution is 2.25. The third-order valence-corrected chi connectivity index (χ3v) is 3.08. The smallest absolute Gasteiger partial charge is 0.258 e. The molecule has 1 N–H and O–H groups in total. The van der Waals surface area contributed by atoms with Crippen LogP contribution in [0.4, 0.5) is 0 Å². The number of amides is 1. The van der Waals surface area contributed by atoms with Gasteiger partial charge in [0, 0.05) is 0 Å². The highest BCUT2D eigenvalue weighted by atomic mass is 16.5. The van der Waals surface area contributed by atoms with Crippen molar-refractivity contribution in [3.63, 3.8) is 0 Å². The third-order valence-electron chi connectivity index (χ3n) is 3.08. The molecule has 0 bridgehead atoms. The molecule has 0 fully saturated rings. The van der Waals surface area contributed by atoms with Crippen molar-refractivity contribution in [3.8, 4) is 18.1 Å². The Balaban J connectivity index is 1.90. The molecule has 0 spiro atoms. The van der Waals surface area contributed by atoms with Crippen molar-refractivity contribution in [1.82, 2.24) is 5.32 Å². The Morgan fingerprint density at radius 1 is 1.33 bits per heavy atom. The fourth-order valence-electron chi connectivity index (χ4n) is 2.15. The van der Waals surface area contributed by atoms with E-state index in [1.807, 2.05) is 12.1 Å². The lowest BCUT2D eigenvalue weighted by Gasteiger charge is -2.16. The van der Waals surface area contributed by atoms with E-state index in [4.69, 9.17) is 11.2 Å². The number of nitrogens with one attached hydrogen (secondary N) is 1. The average molecular weight is 243 g/mol. The highest BCUT2D eigenvalue weighted by molar-refractivity contribution is 5.77. The molecular formula is C15H17NO2. The van der Waals surface area contributed by atoms with Crippen LogP contribution >= 0.6 is 0 Å². The molecule has 0 radical (unpaired) electrons. The Bertz CT molecular complexity index is 474. The van der Waals surface area contributed by atoms with Gasteiger partial charge in [-0.15, -0.1) is 6.42 Å². The molecule has 0 saturated heterocycles. The van der Waals surface area contributed by atoms with E-state index >= 15 is 0 Å². The number of terminal acetylenes is 1. The maximum atomic E-state index is 11.3. The van der Waals surface area contributed by atoms with Gasteiger partial charge in [0.05, 0.1) is 6.54 Å². The normalized spacial score (nSPS) is 13.3. The second-order valence-electron chi connectivity index (χ2n) is 4.41. The van der Waals surface area contributed by atoms with Crippen molar-refractivity contribution in [2.24, 2.45) is 0 Å². The van der Waals surface area contributed by atoms with Crippen molar-refractivity contribution in [2.75, 3.05) is 13.2 Å². The summed E-state index contributed by atoms with van der Waals surface area (Å²) in [6, 6.07) is 6.07. The molecule has 1 aromatic rings. The first-order chi connectivity index (χ1) is 8.79. The van der Waals surface area contributed by atoms with Crippen LogP contribution in [0.15, 0.2) is 18.2 Å². The fourth-order valence-corrected chi connectivity index (χ4v) is 2.15. The monoisotopic (exact) mass is 243 g/mol. The van der Waals surface area contributed by atoms with Gasteiger partial charge in [-0.3, -0.25) is 4.79 Å². The molecule has 3 nitrogen and oxygen atoms in total. The van der Waals surface area contributed by atoms with E-state index in [0.717, 1.165) is 18.6 Å². The summed E-state index contributed by atoms with van der Waals surface area (Å²) in [6.45, 7) is 0.257. The van der Waals surface area contributed by atoms with Crippen LogP contribution in [-0.4, -0.2) is 19.1 Å². The maximum absolute atomic E-state index is 11.3. The number of rotatable bonds is 4. The number of hydrogen-bond donors (Lipinski definition) is 1. The number of carbonyl (C=O) groups is 1. The van der Waals surface area contributed by atoms with Gasteiger partial charge in [-0.1, -0.05) is 12.0 Å². The molecule has 1 aromatic carbocycles. The van der Waals surface area contributed by atoms with E-state index in [9.17, 15) is 4.79 Å². The van der Waals surface area contributed by atoms with Gasteiger partial charge in [-0.05, 0) is 48.9 Å². The molecular weight excluding hydrogens is 226 g/mol. The van der Waals surface area contributed by atoms with Crippen molar-refractivity contribution >= 4 is 5.91 Å². The van der Waals surface area contributed by atoms with Crippen molar-refractivity contribution in [1.29, 1.82) is 0 Å². The fraction of sp³-hybridized carbons (Fsp3) is 0.400. The number of carbonyl (C=O) groups excluding carboxylic acids is 1. The molecule has 0 unspecified atom stereocenters. The van der Waals surface area contributed by atoms with Crippen molar-refractivity contribution in [2.45, 2.75) is 25.7 Å². The minimum Gasteiger partial charge on any atom is -0.484 e. The molecule has 0 atom stereocenters. The molecule has 3 heteroatoms. The molecule has 0 aliphatic heterocycles. The Hall–Kier alpha value is -1.95. The standard InChI is InChI=1S/C15H17NO2/c1-2-9-16-15(17)11-18-14-8-7-12-5-3-4-6-13(12)10-14/h1,7-8,10H,3-6,9,11H2,(H,16,17). The maximum Gasteiger partial charge on any atom is 0.258 e. The molecule has 0 aromatic heterocycles. The second kappa shape index (κ2) is 6.11. The summed E-state index contributed by atoms with van der Waals surface area (Å²) in [5.41, 5.74) is 2.76. The zero-order valence-electron chi connectivity index (χ0n) is 10.4. The van der Waals surface area contributed by atoms with Gasteiger partial charge in [-0.2, -0.15) is 0 Å². The van der Waals surface area contributed by atoms with Gasteiger partial charge in [-0.25, -0.2) is 0 Å². The Morgan fingerprint density at radius 3 is 2.89 bits per heavy atom. The number of aryl methyl sites for hydroxylation is 2.